The summed E-state index contributed by atoms with van der Waals surface area (Å²) in [4.78, 5) is 10.6. The van der Waals surface area contributed by atoms with Gasteiger partial charge in [0.15, 0.2) is 0 Å². The van der Waals surface area contributed by atoms with E-state index in [-0.39, 0.29) is 0 Å². The van der Waals surface area contributed by atoms with Gasteiger partial charge in [-0.1, -0.05) is 30.4 Å². The zero-order chi connectivity index (χ0) is 9.97. The lowest BCUT2D eigenvalue weighted by Crippen LogP contribution is -2.05. The Balaban J connectivity index is 2.37. The lowest BCUT2D eigenvalue weighted by atomic mass is 10.0. The fourth-order valence-corrected chi connectivity index (χ4v) is 1.65. The highest BCUT2D eigenvalue weighted by atomic mass is 16.1. The molecule has 1 aromatic rings. The second-order valence-electron chi connectivity index (χ2n) is 3.26. The Morgan fingerprint density at radius 1 is 1.43 bits per heavy atom. The minimum atomic E-state index is -0.409. The summed E-state index contributed by atoms with van der Waals surface area (Å²) >= 11 is 0. The van der Waals surface area contributed by atoms with E-state index in [1.165, 1.54) is 17.2 Å². The van der Waals surface area contributed by atoms with E-state index in [2.05, 4.69) is 18.2 Å². The Labute approximate surface area is 82.7 Å². The first-order valence-electron chi connectivity index (χ1n) is 4.53. The van der Waals surface area contributed by atoms with Crippen LogP contribution in [0.5, 0.6) is 0 Å². The molecule has 0 heterocycles. The summed E-state index contributed by atoms with van der Waals surface area (Å²) in [6.07, 6.45) is 8.32. The number of primary amides is 1. The maximum atomic E-state index is 10.6. The number of benzene rings is 1. The third-order valence-electron chi connectivity index (χ3n) is 2.30. The molecule has 1 aromatic carbocycles. The summed E-state index contributed by atoms with van der Waals surface area (Å²) in [5.41, 5.74) is 8.62. The van der Waals surface area contributed by atoms with E-state index in [0.29, 0.717) is 0 Å². The summed E-state index contributed by atoms with van der Waals surface area (Å²) in [7, 11) is 0. The van der Waals surface area contributed by atoms with Gasteiger partial charge in [0, 0.05) is 6.08 Å². The van der Waals surface area contributed by atoms with E-state index in [1.54, 1.807) is 6.08 Å². The molecule has 0 bridgehead atoms. The molecule has 2 rings (SSSR count). The maximum Gasteiger partial charge on any atom is 0.241 e. The fraction of sp³-hybridized carbons (Fsp3) is 0.0833. The first-order chi connectivity index (χ1) is 6.77. The van der Waals surface area contributed by atoms with Crippen LogP contribution in [0.2, 0.25) is 0 Å². The topological polar surface area (TPSA) is 43.1 Å². The minimum Gasteiger partial charge on any atom is -0.366 e. The number of allylic oxidation sites excluding steroid dienone is 1. The molecule has 2 N–H and O–H groups in total. The van der Waals surface area contributed by atoms with Crippen LogP contribution in [0.4, 0.5) is 0 Å². The first kappa shape index (κ1) is 8.75. The third kappa shape index (κ3) is 1.59. The zero-order valence-electron chi connectivity index (χ0n) is 7.73. The summed E-state index contributed by atoms with van der Waals surface area (Å²) < 4.78 is 0. The van der Waals surface area contributed by atoms with Crippen LogP contribution in [0.15, 0.2) is 30.4 Å². The lowest BCUT2D eigenvalue weighted by Gasteiger charge is -2.02. The molecule has 1 aliphatic rings. The quantitative estimate of drug-likeness (QED) is 0.701. The number of carbonyl (C=O) groups excluding carboxylic acids is 1. The first-order valence-corrected chi connectivity index (χ1v) is 4.53. The number of hydrogen-bond acceptors (Lipinski definition) is 1. The summed E-state index contributed by atoms with van der Waals surface area (Å²) in [5.74, 6) is -0.409. The van der Waals surface area contributed by atoms with E-state index in [4.69, 9.17) is 5.73 Å². The molecule has 14 heavy (non-hydrogen) atoms. The molecule has 0 radical (unpaired) electrons. The molecule has 1 amide bonds. The van der Waals surface area contributed by atoms with Gasteiger partial charge in [0.1, 0.15) is 0 Å². The van der Waals surface area contributed by atoms with Gasteiger partial charge in [-0.05, 0) is 29.2 Å². The van der Waals surface area contributed by atoms with Crippen molar-refractivity contribution in [3.8, 4) is 0 Å². The molecule has 70 valence electrons. The third-order valence-corrected chi connectivity index (χ3v) is 2.30. The Morgan fingerprint density at radius 2 is 2.29 bits per heavy atom. The van der Waals surface area contributed by atoms with Crippen LogP contribution in [0.1, 0.15) is 16.7 Å². The van der Waals surface area contributed by atoms with Crippen LogP contribution in [0.3, 0.4) is 0 Å². The molecule has 0 spiro atoms. The highest BCUT2D eigenvalue weighted by Crippen LogP contribution is 2.23. The lowest BCUT2D eigenvalue weighted by molar-refractivity contribution is -0.113. The van der Waals surface area contributed by atoms with Crippen molar-refractivity contribution in [1.29, 1.82) is 0 Å². The van der Waals surface area contributed by atoms with Crippen molar-refractivity contribution in [2.24, 2.45) is 5.73 Å². The van der Waals surface area contributed by atoms with Crippen LogP contribution in [-0.4, -0.2) is 5.91 Å². The van der Waals surface area contributed by atoms with E-state index in [1.807, 2.05) is 12.1 Å². The Morgan fingerprint density at radius 3 is 3.07 bits per heavy atom. The standard InChI is InChI=1S/C12H11NO/c13-12(14)8-7-10-4-1-3-9-5-2-6-11(9)10/h1-5,7-8H,6H2,(H2,13,14). The van der Waals surface area contributed by atoms with Gasteiger partial charge in [-0.3, -0.25) is 4.79 Å². The van der Waals surface area contributed by atoms with Crippen molar-refractivity contribution in [3.63, 3.8) is 0 Å². The Hall–Kier alpha value is -1.83. The van der Waals surface area contributed by atoms with Crippen LogP contribution < -0.4 is 5.73 Å². The Kier molecular flexibility index (Phi) is 2.19. The zero-order valence-corrected chi connectivity index (χ0v) is 7.73. The molecule has 0 saturated heterocycles. The molecule has 1 aliphatic carbocycles. The van der Waals surface area contributed by atoms with Crippen molar-refractivity contribution < 1.29 is 4.79 Å². The largest absolute Gasteiger partial charge is 0.366 e. The van der Waals surface area contributed by atoms with Gasteiger partial charge >= 0.3 is 0 Å². The van der Waals surface area contributed by atoms with Crippen LogP contribution in [0.25, 0.3) is 12.2 Å². The average molecular weight is 185 g/mol. The van der Waals surface area contributed by atoms with Gasteiger partial charge in [0.05, 0.1) is 0 Å². The van der Waals surface area contributed by atoms with Crippen molar-refractivity contribution in [1.82, 2.24) is 0 Å². The van der Waals surface area contributed by atoms with Crippen molar-refractivity contribution in [2.75, 3.05) is 0 Å². The van der Waals surface area contributed by atoms with E-state index >= 15 is 0 Å². The number of amides is 1. The molecule has 0 aromatic heterocycles. The molecule has 0 unspecified atom stereocenters. The summed E-state index contributed by atoms with van der Waals surface area (Å²) in [5, 5.41) is 0. The minimum absolute atomic E-state index is 0.409. The van der Waals surface area contributed by atoms with Gasteiger partial charge in [-0.25, -0.2) is 0 Å². The smallest absolute Gasteiger partial charge is 0.241 e. The maximum absolute atomic E-state index is 10.6. The van der Waals surface area contributed by atoms with E-state index in [0.717, 1.165) is 12.0 Å². The predicted molar refractivity (Wildman–Crippen MR) is 57.4 cm³/mol. The predicted octanol–water partition coefficient (Wildman–Crippen LogP) is 1.75. The van der Waals surface area contributed by atoms with Gasteiger partial charge < -0.3 is 5.73 Å². The second kappa shape index (κ2) is 3.50. The molecular formula is C12H11NO. The highest BCUT2D eigenvalue weighted by Gasteiger charge is 2.07. The van der Waals surface area contributed by atoms with Gasteiger partial charge in [0.2, 0.25) is 5.91 Å². The number of carbonyl (C=O) groups is 1. The molecule has 0 aliphatic heterocycles. The molecule has 2 nitrogen and oxygen atoms in total. The van der Waals surface area contributed by atoms with Crippen molar-refractivity contribution in [3.05, 3.63) is 47.0 Å². The van der Waals surface area contributed by atoms with Gasteiger partial charge in [0.25, 0.3) is 0 Å². The second-order valence-corrected chi connectivity index (χ2v) is 3.26. The highest BCUT2D eigenvalue weighted by molar-refractivity contribution is 5.90. The van der Waals surface area contributed by atoms with Crippen LogP contribution in [0, 0.1) is 0 Å². The number of rotatable bonds is 2. The van der Waals surface area contributed by atoms with Crippen molar-refractivity contribution >= 4 is 18.1 Å². The summed E-state index contributed by atoms with van der Waals surface area (Å²) in [6, 6.07) is 6.04. The van der Waals surface area contributed by atoms with Crippen LogP contribution in [-0.2, 0) is 11.2 Å². The van der Waals surface area contributed by atoms with Gasteiger partial charge in [-0.15, -0.1) is 0 Å². The van der Waals surface area contributed by atoms with Crippen LogP contribution >= 0.6 is 0 Å². The molecule has 2 heteroatoms. The monoisotopic (exact) mass is 185 g/mol. The summed E-state index contributed by atoms with van der Waals surface area (Å²) in [6.45, 7) is 0. The number of hydrogen-bond donors (Lipinski definition) is 1. The number of nitrogens with two attached hydrogens (primary N) is 1. The normalized spacial score (nSPS) is 13.4. The molecule has 0 fully saturated rings. The molecular weight excluding hydrogens is 174 g/mol. The van der Waals surface area contributed by atoms with E-state index < -0.39 is 5.91 Å². The van der Waals surface area contributed by atoms with E-state index in [9.17, 15) is 4.79 Å². The molecule has 0 atom stereocenters. The average Bonchev–Trinajstić information content (AvgIpc) is 2.62. The molecule has 0 saturated carbocycles. The fourth-order valence-electron chi connectivity index (χ4n) is 1.65. The SMILES string of the molecule is NC(=O)C=Cc1cccc2c1CC=C2. The number of fused-ring (bicyclic) bond motifs is 1. The Bertz CT molecular complexity index is 430. The van der Waals surface area contributed by atoms with Gasteiger partial charge in [-0.2, -0.15) is 0 Å². The van der Waals surface area contributed by atoms with Crippen molar-refractivity contribution in [2.45, 2.75) is 6.42 Å².